The second kappa shape index (κ2) is 6.17. The Morgan fingerprint density at radius 1 is 1.11 bits per heavy atom. The largest absolute Gasteiger partial charge is 0.496 e. The molecule has 0 aliphatic rings. The molecule has 2 rings (SSSR count). The van der Waals surface area contributed by atoms with Crippen molar-refractivity contribution in [3.05, 3.63) is 53.1 Å². The summed E-state index contributed by atoms with van der Waals surface area (Å²) >= 11 is 7.63. The van der Waals surface area contributed by atoms with Gasteiger partial charge in [-0.1, -0.05) is 42.4 Å². The van der Waals surface area contributed by atoms with Gasteiger partial charge >= 0.3 is 0 Å². The van der Waals surface area contributed by atoms with Gasteiger partial charge in [0.1, 0.15) is 5.75 Å². The molecule has 94 valence electrons. The molecule has 0 aromatic heterocycles. The third-order valence-corrected chi connectivity index (χ3v) is 3.99. The van der Waals surface area contributed by atoms with Crippen molar-refractivity contribution in [2.75, 3.05) is 7.11 Å². The van der Waals surface area contributed by atoms with E-state index >= 15 is 0 Å². The molecule has 2 aromatic carbocycles. The van der Waals surface area contributed by atoms with Crippen molar-refractivity contribution in [1.82, 2.24) is 0 Å². The van der Waals surface area contributed by atoms with E-state index in [1.165, 1.54) is 10.5 Å². The Kier molecular flexibility index (Phi) is 4.56. The van der Waals surface area contributed by atoms with Crippen molar-refractivity contribution in [2.24, 2.45) is 0 Å². The first-order valence-corrected chi connectivity index (χ1v) is 7.02. The predicted octanol–water partition coefficient (Wildman–Crippen LogP) is 5.06. The molecule has 18 heavy (non-hydrogen) atoms. The number of hydrogen-bond donors (Lipinski definition) is 0. The van der Waals surface area contributed by atoms with Crippen LogP contribution in [0.25, 0.3) is 0 Å². The van der Waals surface area contributed by atoms with Crippen LogP contribution in [-0.2, 0) is 6.42 Å². The molecule has 0 bridgehead atoms. The van der Waals surface area contributed by atoms with Gasteiger partial charge in [-0.3, -0.25) is 0 Å². The molecule has 3 heteroatoms. The van der Waals surface area contributed by atoms with Crippen molar-refractivity contribution in [2.45, 2.75) is 23.1 Å². The zero-order chi connectivity index (χ0) is 13.0. The minimum Gasteiger partial charge on any atom is -0.496 e. The number of halogens is 1. The fourth-order valence-electron chi connectivity index (χ4n) is 1.65. The third kappa shape index (κ3) is 3.21. The highest BCUT2D eigenvalue weighted by Crippen LogP contribution is 2.36. The van der Waals surface area contributed by atoms with Crippen LogP contribution in [-0.4, -0.2) is 7.11 Å². The van der Waals surface area contributed by atoms with Crippen molar-refractivity contribution in [3.8, 4) is 5.75 Å². The summed E-state index contributed by atoms with van der Waals surface area (Å²) in [6.07, 6.45) is 1.06. The van der Waals surface area contributed by atoms with E-state index in [1.54, 1.807) is 18.9 Å². The van der Waals surface area contributed by atoms with E-state index in [9.17, 15) is 0 Å². The lowest BCUT2D eigenvalue weighted by Gasteiger charge is -2.08. The molecule has 0 atom stereocenters. The molecule has 0 saturated heterocycles. The summed E-state index contributed by atoms with van der Waals surface area (Å²) in [5.74, 6) is 0.812. The topological polar surface area (TPSA) is 9.23 Å². The number of ether oxygens (including phenoxy) is 1. The van der Waals surface area contributed by atoms with Crippen LogP contribution < -0.4 is 4.74 Å². The van der Waals surface area contributed by atoms with Gasteiger partial charge in [0.05, 0.1) is 12.0 Å². The molecule has 0 fully saturated rings. The zero-order valence-electron chi connectivity index (χ0n) is 10.4. The van der Waals surface area contributed by atoms with Crippen LogP contribution in [0.5, 0.6) is 5.75 Å². The molecule has 0 aliphatic heterocycles. The Morgan fingerprint density at radius 2 is 1.83 bits per heavy atom. The summed E-state index contributed by atoms with van der Waals surface area (Å²) in [7, 11) is 1.66. The molecule has 0 saturated carbocycles. The maximum atomic E-state index is 5.95. The second-order valence-corrected chi connectivity index (χ2v) is 5.45. The molecule has 2 aromatic rings. The summed E-state index contributed by atoms with van der Waals surface area (Å²) < 4.78 is 5.34. The number of benzene rings is 2. The molecule has 0 amide bonds. The van der Waals surface area contributed by atoms with E-state index < -0.39 is 0 Å². The summed E-state index contributed by atoms with van der Waals surface area (Å²) in [4.78, 5) is 2.28. The van der Waals surface area contributed by atoms with Gasteiger partial charge in [0, 0.05) is 9.92 Å². The van der Waals surface area contributed by atoms with Crippen molar-refractivity contribution >= 4 is 23.4 Å². The van der Waals surface area contributed by atoms with Crippen LogP contribution in [0.4, 0.5) is 0 Å². The summed E-state index contributed by atoms with van der Waals surface area (Å²) in [6, 6.07) is 14.3. The van der Waals surface area contributed by atoms with Gasteiger partial charge in [-0.05, 0) is 42.3 Å². The number of aryl methyl sites for hydroxylation is 1. The van der Waals surface area contributed by atoms with Crippen LogP contribution in [0.15, 0.2) is 52.3 Å². The molecular weight excluding hydrogens is 264 g/mol. The Morgan fingerprint density at radius 3 is 2.44 bits per heavy atom. The van der Waals surface area contributed by atoms with E-state index in [2.05, 4.69) is 31.2 Å². The smallest absolute Gasteiger partial charge is 0.134 e. The maximum absolute atomic E-state index is 5.95. The Balaban J connectivity index is 2.22. The predicted molar refractivity (Wildman–Crippen MR) is 77.9 cm³/mol. The lowest BCUT2D eigenvalue weighted by molar-refractivity contribution is 0.405. The van der Waals surface area contributed by atoms with Gasteiger partial charge in [0.25, 0.3) is 0 Å². The minimum atomic E-state index is 0.692. The highest BCUT2D eigenvalue weighted by Gasteiger charge is 2.05. The Hall–Kier alpha value is -1.12. The van der Waals surface area contributed by atoms with Crippen molar-refractivity contribution in [3.63, 3.8) is 0 Å². The monoisotopic (exact) mass is 278 g/mol. The molecule has 0 heterocycles. The second-order valence-electron chi connectivity index (χ2n) is 3.89. The van der Waals surface area contributed by atoms with Crippen molar-refractivity contribution in [1.29, 1.82) is 0 Å². The molecule has 0 radical (unpaired) electrons. The summed E-state index contributed by atoms with van der Waals surface area (Å²) in [5.41, 5.74) is 1.35. The SMILES string of the molecule is CCc1ccc(Sc2ccc(Cl)cc2OC)cc1. The average Bonchev–Trinajstić information content (AvgIpc) is 2.41. The van der Waals surface area contributed by atoms with Crippen LogP contribution in [0.2, 0.25) is 5.02 Å². The van der Waals surface area contributed by atoms with Crippen LogP contribution in [0, 0.1) is 0 Å². The van der Waals surface area contributed by atoms with Gasteiger partial charge < -0.3 is 4.74 Å². The fraction of sp³-hybridized carbons (Fsp3) is 0.200. The molecule has 0 aliphatic carbocycles. The quantitative estimate of drug-likeness (QED) is 0.773. The first kappa shape index (κ1) is 13.3. The van der Waals surface area contributed by atoms with Gasteiger partial charge in [-0.15, -0.1) is 0 Å². The van der Waals surface area contributed by atoms with E-state index in [0.29, 0.717) is 5.02 Å². The van der Waals surface area contributed by atoms with E-state index in [4.69, 9.17) is 16.3 Å². The molecule has 1 nitrogen and oxygen atoms in total. The lowest BCUT2D eigenvalue weighted by Crippen LogP contribution is -1.86. The summed E-state index contributed by atoms with van der Waals surface area (Å²) in [5, 5.41) is 0.692. The highest BCUT2D eigenvalue weighted by atomic mass is 35.5. The number of rotatable bonds is 4. The summed E-state index contributed by atoms with van der Waals surface area (Å²) in [6.45, 7) is 2.16. The Labute approximate surface area is 117 Å². The Bertz CT molecular complexity index is 523. The maximum Gasteiger partial charge on any atom is 0.134 e. The van der Waals surface area contributed by atoms with Gasteiger partial charge in [0.15, 0.2) is 0 Å². The normalized spacial score (nSPS) is 10.4. The highest BCUT2D eigenvalue weighted by molar-refractivity contribution is 7.99. The van der Waals surface area contributed by atoms with Gasteiger partial charge in [-0.2, -0.15) is 0 Å². The van der Waals surface area contributed by atoms with E-state index in [0.717, 1.165) is 17.1 Å². The first-order chi connectivity index (χ1) is 8.72. The minimum absolute atomic E-state index is 0.692. The number of methoxy groups -OCH3 is 1. The fourth-order valence-corrected chi connectivity index (χ4v) is 2.71. The molecule has 0 spiro atoms. The molecular formula is C15H15ClOS. The lowest BCUT2D eigenvalue weighted by atomic mass is 10.2. The molecule has 0 N–H and O–H groups in total. The number of hydrogen-bond acceptors (Lipinski definition) is 2. The standard InChI is InChI=1S/C15H15ClOS/c1-3-11-4-7-13(8-5-11)18-15-9-6-12(16)10-14(15)17-2/h4-10H,3H2,1-2H3. The van der Waals surface area contributed by atoms with E-state index in [-0.39, 0.29) is 0 Å². The van der Waals surface area contributed by atoms with E-state index in [1.807, 2.05) is 18.2 Å². The van der Waals surface area contributed by atoms with Gasteiger partial charge in [0.2, 0.25) is 0 Å². The zero-order valence-corrected chi connectivity index (χ0v) is 12.0. The average molecular weight is 279 g/mol. The first-order valence-electron chi connectivity index (χ1n) is 5.83. The van der Waals surface area contributed by atoms with Gasteiger partial charge in [-0.25, -0.2) is 0 Å². The van der Waals surface area contributed by atoms with Crippen LogP contribution in [0.3, 0.4) is 0 Å². The van der Waals surface area contributed by atoms with Crippen LogP contribution in [0.1, 0.15) is 12.5 Å². The third-order valence-electron chi connectivity index (χ3n) is 2.69. The van der Waals surface area contributed by atoms with Crippen LogP contribution >= 0.6 is 23.4 Å². The molecule has 0 unspecified atom stereocenters. The van der Waals surface area contributed by atoms with Crippen molar-refractivity contribution < 1.29 is 4.74 Å².